The summed E-state index contributed by atoms with van der Waals surface area (Å²) in [6.07, 6.45) is 0. The van der Waals surface area contributed by atoms with Crippen LogP contribution >= 0.6 is 0 Å². The Morgan fingerprint density at radius 1 is 1.45 bits per heavy atom. The highest BCUT2D eigenvalue weighted by atomic mass is 16.1. The molecule has 1 aromatic heterocycles. The first-order valence-electron chi connectivity index (χ1n) is 3.23. The van der Waals surface area contributed by atoms with Gasteiger partial charge in [0, 0.05) is 20.2 Å². The number of rotatable bonds is 2. The van der Waals surface area contributed by atoms with Crippen molar-refractivity contribution in [2.24, 2.45) is 0 Å². The summed E-state index contributed by atoms with van der Waals surface area (Å²) in [5, 5.41) is 5.58. The van der Waals surface area contributed by atoms with Crippen LogP contribution in [0.2, 0.25) is 0 Å². The standard InChI is InChI=1S/C6H10N4O/c1-7-4-3-5(8-2)10-6(11)9-4/h3H,1-2H3,(H3,7,8,9,10,11). The fourth-order valence-corrected chi connectivity index (χ4v) is 0.720. The summed E-state index contributed by atoms with van der Waals surface area (Å²) >= 11 is 0. The molecular weight excluding hydrogens is 144 g/mol. The summed E-state index contributed by atoms with van der Waals surface area (Å²) in [5.41, 5.74) is -0.360. The molecule has 1 rings (SSSR count). The number of hydrogen-bond donors (Lipinski definition) is 3. The van der Waals surface area contributed by atoms with Crippen molar-refractivity contribution >= 4 is 11.6 Å². The Balaban J connectivity index is 3.12. The molecule has 0 saturated heterocycles. The monoisotopic (exact) mass is 154 g/mol. The SMILES string of the molecule is CNc1cc(NC)[nH]c(=O)n1. The molecule has 0 aliphatic carbocycles. The van der Waals surface area contributed by atoms with E-state index < -0.39 is 0 Å². The van der Waals surface area contributed by atoms with E-state index in [1.807, 2.05) is 0 Å². The zero-order chi connectivity index (χ0) is 8.27. The van der Waals surface area contributed by atoms with Gasteiger partial charge in [-0.05, 0) is 0 Å². The van der Waals surface area contributed by atoms with Gasteiger partial charge < -0.3 is 10.6 Å². The van der Waals surface area contributed by atoms with Gasteiger partial charge in [-0.1, -0.05) is 0 Å². The Morgan fingerprint density at radius 2 is 2.18 bits per heavy atom. The highest BCUT2D eigenvalue weighted by molar-refractivity contribution is 5.45. The topological polar surface area (TPSA) is 69.8 Å². The molecule has 0 aromatic carbocycles. The average Bonchev–Trinajstić information content (AvgIpc) is 2.03. The van der Waals surface area contributed by atoms with Crippen molar-refractivity contribution in [2.75, 3.05) is 24.7 Å². The third-order valence-corrected chi connectivity index (χ3v) is 1.27. The molecule has 60 valence electrons. The van der Waals surface area contributed by atoms with Gasteiger partial charge in [0.15, 0.2) is 0 Å². The van der Waals surface area contributed by atoms with E-state index in [2.05, 4.69) is 20.6 Å². The van der Waals surface area contributed by atoms with Crippen molar-refractivity contribution in [2.45, 2.75) is 0 Å². The average molecular weight is 154 g/mol. The number of hydrogen-bond acceptors (Lipinski definition) is 4. The first-order valence-corrected chi connectivity index (χ1v) is 3.23. The first-order chi connectivity index (χ1) is 5.26. The van der Waals surface area contributed by atoms with Crippen LogP contribution in [0.1, 0.15) is 0 Å². The molecule has 0 radical (unpaired) electrons. The van der Waals surface area contributed by atoms with Crippen molar-refractivity contribution in [3.05, 3.63) is 16.6 Å². The summed E-state index contributed by atoms with van der Waals surface area (Å²) in [6.45, 7) is 0. The van der Waals surface area contributed by atoms with Gasteiger partial charge in [0.05, 0.1) is 0 Å². The normalized spacial score (nSPS) is 9.27. The molecule has 0 atom stereocenters. The second-order valence-electron chi connectivity index (χ2n) is 1.99. The molecule has 0 bridgehead atoms. The maximum absolute atomic E-state index is 10.8. The molecule has 5 heteroatoms. The quantitative estimate of drug-likeness (QED) is 0.554. The van der Waals surface area contributed by atoms with Crippen LogP contribution in [0.15, 0.2) is 10.9 Å². The third-order valence-electron chi connectivity index (χ3n) is 1.27. The molecular formula is C6H10N4O. The van der Waals surface area contributed by atoms with E-state index in [1.54, 1.807) is 20.2 Å². The Morgan fingerprint density at radius 3 is 2.73 bits per heavy atom. The van der Waals surface area contributed by atoms with Gasteiger partial charge >= 0.3 is 5.69 Å². The lowest BCUT2D eigenvalue weighted by Gasteiger charge is -2.01. The van der Waals surface area contributed by atoms with Gasteiger partial charge in [-0.25, -0.2) is 4.79 Å². The Hall–Kier alpha value is -1.52. The molecule has 1 aromatic rings. The van der Waals surface area contributed by atoms with Gasteiger partial charge in [-0.2, -0.15) is 4.98 Å². The van der Waals surface area contributed by atoms with Crippen LogP contribution in [0.3, 0.4) is 0 Å². The predicted molar refractivity (Wildman–Crippen MR) is 44.0 cm³/mol. The van der Waals surface area contributed by atoms with E-state index in [0.29, 0.717) is 11.6 Å². The Bertz CT molecular complexity index is 268. The smallest absolute Gasteiger partial charge is 0.348 e. The molecule has 0 fully saturated rings. The van der Waals surface area contributed by atoms with Crippen LogP contribution < -0.4 is 16.3 Å². The number of nitrogens with zero attached hydrogens (tertiary/aromatic N) is 1. The molecule has 0 saturated carbocycles. The Labute approximate surface area is 63.9 Å². The minimum absolute atomic E-state index is 0.360. The van der Waals surface area contributed by atoms with Gasteiger partial charge in [0.1, 0.15) is 11.6 Å². The van der Waals surface area contributed by atoms with Gasteiger partial charge in [0.25, 0.3) is 0 Å². The van der Waals surface area contributed by atoms with E-state index in [0.717, 1.165) is 0 Å². The van der Waals surface area contributed by atoms with Crippen molar-refractivity contribution in [3.8, 4) is 0 Å². The minimum Gasteiger partial charge on any atom is -0.374 e. The van der Waals surface area contributed by atoms with Crippen LogP contribution in [0.5, 0.6) is 0 Å². The third kappa shape index (κ3) is 1.70. The molecule has 0 unspecified atom stereocenters. The fraction of sp³-hybridized carbons (Fsp3) is 0.333. The maximum Gasteiger partial charge on any atom is 0.348 e. The second kappa shape index (κ2) is 3.05. The summed E-state index contributed by atoms with van der Waals surface area (Å²) in [5.74, 6) is 1.20. The van der Waals surface area contributed by atoms with Gasteiger partial charge in [-0.15, -0.1) is 0 Å². The van der Waals surface area contributed by atoms with Crippen LogP contribution in [0.25, 0.3) is 0 Å². The van der Waals surface area contributed by atoms with E-state index in [4.69, 9.17) is 0 Å². The van der Waals surface area contributed by atoms with Crippen LogP contribution in [-0.2, 0) is 0 Å². The highest BCUT2D eigenvalue weighted by Gasteiger charge is 1.94. The molecule has 3 N–H and O–H groups in total. The lowest BCUT2D eigenvalue weighted by molar-refractivity contribution is 1.07. The van der Waals surface area contributed by atoms with E-state index in [1.165, 1.54) is 0 Å². The molecule has 5 nitrogen and oxygen atoms in total. The summed E-state index contributed by atoms with van der Waals surface area (Å²) < 4.78 is 0. The second-order valence-corrected chi connectivity index (χ2v) is 1.99. The van der Waals surface area contributed by atoms with Crippen LogP contribution in [-0.4, -0.2) is 24.1 Å². The van der Waals surface area contributed by atoms with Crippen LogP contribution in [0, 0.1) is 0 Å². The van der Waals surface area contributed by atoms with Crippen molar-refractivity contribution < 1.29 is 0 Å². The van der Waals surface area contributed by atoms with E-state index in [9.17, 15) is 4.79 Å². The number of aromatic amines is 1. The van der Waals surface area contributed by atoms with Gasteiger partial charge in [-0.3, -0.25) is 4.98 Å². The highest BCUT2D eigenvalue weighted by Crippen LogP contribution is 2.03. The van der Waals surface area contributed by atoms with E-state index >= 15 is 0 Å². The lowest BCUT2D eigenvalue weighted by atomic mass is 10.5. The zero-order valence-electron chi connectivity index (χ0n) is 6.43. The van der Waals surface area contributed by atoms with Crippen molar-refractivity contribution in [1.82, 2.24) is 9.97 Å². The summed E-state index contributed by atoms with van der Waals surface area (Å²) in [7, 11) is 3.44. The molecule has 0 amide bonds. The van der Waals surface area contributed by atoms with Crippen LogP contribution in [0.4, 0.5) is 11.6 Å². The number of nitrogens with one attached hydrogen (secondary N) is 3. The summed E-state index contributed by atoms with van der Waals surface area (Å²) in [6, 6.07) is 1.71. The minimum atomic E-state index is -0.360. The lowest BCUT2D eigenvalue weighted by Crippen LogP contribution is -2.13. The molecule has 0 aliphatic rings. The van der Waals surface area contributed by atoms with Gasteiger partial charge in [0.2, 0.25) is 0 Å². The first kappa shape index (κ1) is 7.59. The predicted octanol–water partition coefficient (Wildman–Crippen LogP) is -0.147. The zero-order valence-corrected chi connectivity index (χ0v) is 6.43. The largest absolute Gasteiger partial charge is 0.374 e. The fourth-order valence-electron chi connectivity index (χ4n) is 0.720. The summed E-state index contributed by atoms with van der Waals surface area (Å²) in [4.78, 5) is 16.9. The molecule has 1 heterocycles. The molecule has 11 heavy (non-hydrogen) atoms. The van der Waals surface area contributed by atoms with E-state index in [-0.39, 0.29) is 5.69 Å². The van der Waals surface area contributed by atoms with Crippen molar-refractivity contribution in [3.63, 3.8) is 0 Å². The molecule has 0 aliphatic heterocycles. The van der Waals surface area contributed by atoms with Crippen molar-refractivity contribution in [1.29, 1.82) is 0 Å². The number of anilines is 2. The Kier molecular flexibility index (Phi) is 2.10. The number of aromatic nitrogens is 2. The maximum atomic E-state index is 10.8. The number of H-pyrrole nitrogens is 1. The molecule has 0 spiro atoms.